The van der Waals surface area contributed by atoms with Gasteiger partial charge in [0.2, 0.25) is 11.8 Å². The molecule has 1 aliphatic heterocycles. The molecule has 24 heavy (non-hydrogen) atoms. The minimum atomic E-state index is -0.0743. The van der Waals surface area contributed by atoms with Crippen LogP contribution >= 0.6 is 0 Å². The molecule has 0 radical (unpaired) electrons. The standard InChI is InChI=1S/C20H30N2O2/c1-4-16(17-9-6-5-7-10-17)13-21-19(23)18-11-8-12-22(14-18)20(24)15(2)3/h5-7,9-10,15-16,18H,4,8,11-14H2,1-3H3,(H,21,23)/t16-,18+/m0/s1. The van der Waals surface area contributed by atoms with Crippen LogP contribution in [0.4, 0.5) is 0 Å². The van der Waals surface area contributed by atoms with Gasteiger partial charge in [0.25, 0.3) is 0 Å². The lowest BCUT2D eigenvalue weighted by atomic mass is 9.94. The van der Waals surface area contributed by atoms with Crippen LogP contribution in [0.15, 0.2) is 30.3 Å². The van der Waals surface area contributed by atoms with Gasteiger partial charge in [-0.25, -0.2) is 0 Å². The predicted octanol–water partition coefficient (Wildman–Crippen LogP) is 3.19. The lowest BCUT2D eigenvalue weighted by molar-refractivity contribution is -0.138. The van der Waals surface area contributed by atoms with Crippen molar-refractivity contribution in [2.45, 2.75) is 46.0 Å². The summed E-state index contributed by atoms with van der Waals surface area (Å²) < 4.78 is 0. The molecule has 1 fully saturated rings. The van der Waals surface area contributed by atoms with Crippen molar-refractivity contribution in [2.24, 2.45) is 11.8 Å². The van der Waals surface area contributed by atoms with E-state index in [-0.39, 0.29) is 23.7 Å². The van der Waals surface area contributed by atoms with Gasteiger partial charge in [0.15, 0.2) is 0 Å². The molecule has 1 N–H and O–H groups in total. The number of hydrogen-bond donors (Lipinski definition) is 1. The van der Waals surface area contributed by atoms with Crippen LogP contribution in [0.3, 0.4) is 0 Å². The fourth-order valence-electron chi connectivity index (χ4n) is 3.35. The average molecular weight is 330 g/mol. The molecule has 1 saturated heterocycles. The summed E-state index contributed by atoms with van der Waals surface area (Å²) in [6.45, 7) is 7.98. The van der Waals surface area contributed by atoms with E-state index in [1.165, 1.54) is 5.56 Å². The molecule has 0 aromatic heterocycles. The van der Waals surface area contributed by atoms with Crippen LogP contribution in [0.25, 0.3) is 0 Å². The van der Waals surface area contributed by atoms with Crippen molar-refractivity contribution >= 4 is 11.8 Å². The molecule has 1 heterocycles. The van der Waals surface area contributed by atoms with Crippen molar-refractivity contribution in [3.8, 4) is 0 Å². The summed E-state index contributed by atoms with van der Waals surface area (Å²) in [6, 6.07) is 10.3. The van der Waals surface area contributed by atoms with Crippen molar-refractivity contribution in [1.29, 1.82) is 0 Å². The molecule has 2 rings (SSSR count). The molecule has 0 aliphatic carbocycles. The van der Waals surface area contributed by atoms with Gasteiger partial charge in [-0.15, -0.1) is 0 Å². The molecule has 0 spiro atoms. The Morgan fingerprint density at radius 2 is 1.96 bits per heavy atom. The maximum atomic E-state index is 12.5. The maximum Gasteiger partial charge on any atom is 0.225 e. The van der Waals surface area contributed by atoms with E-state index in [1.807, 2.05) is 36.9 Å². The lowest BCUT2D eigenvalue weighted by Gasteiger charge is -2.33. The van der Waals surface area contributed by atoms with Crippen molar-refractivity contribution in [2.75, 3.05) is 19.6 Å². The van der Waals surface area contributed by atoms with Crippen molar-refractivity contribution in [1.82, 2.24) is 10.2 Å². The average Bonchev–Trinajstić information content (AvgIpc) is 2.62. The van der Waals surface area contributed by atoms with E-state index >= 15 is 0 Å². The van der Waals surface area contributed by atoms with Gasteiger partial charge in [0, 0.05) is 31.5 Å². The largest absolute Gasteiger partial charge is 0.355 e. The minimum Gasteiger partial charge on any atom is -0.355 e. The highest BCUT2D eigenvalue weighted by Crippen LogP contribution is 2.21. The molecule has 0 bridgehead atoms. The SMILES string of the molecule is CC[C@@H](CNC(=O)[C@@H]1CCCN(C(=O)C(C)C)C1)c1ccccc1. The lowest BCUT2D eigenvalue weighted by Crippen LogP contribution is -2.47. The fourth-order valence-corrected chi connectivity index (χ4v) is 3.35. The molecule has 0 unspecified atom stereocenters. The molecule has 1 aliphatic rings. The minimum absolute atomic E-state index is 0.00522. The Kier molecular flexibility index (Phi) is 6.83. The van der Waals surface area contributed by atoms with E-state index in [1.54, 1.807) is 0 Å². The molecular weight excluding hydrogens is 300 g/mol. The number of rotatable bonds is 6. The van der Waals surface area contributed by atoms with Crippen LogP contribution in [0.2, 0.25) is 0 Å². The molecule has 132 valence electrons. The van der Waals surface area contributed by atoms with Gasteiger partial charge in [-0.05, 0) is 24.8 Å². The predicted molar refractivity (Wildman–Crippen MR) is 96.6 cm³/mol. The number of benzene rings is 1. The normalized spacial score (nSPS) is 19.2. The number of nitrogens with one attached hydrogen (secondary N) is 1. The molecule has 2 atom stereocenters. The smallest absolute Gasteiger partial charge is 0.225 e. The zero-order valence-corrected chi connectivity index (χ0v) is 15.1. The van der Waals surface area contributed by atoms with Gasteiger partial charge in [-0.1, -0.05) is 51.1 Å². The van der Waals surface area contributed by atoms with Gasteiger partial charge in [0.1, 0.15) is 0 Å². The second kappa shape index (κ2) is 8.86. The highest BCUT2D eigenvalue weighted by molar-refractivity contribution is 5.82. The first-order valence-electron chi connectivity index (χ1n) is 9.14. The first-order valence-corrected chi connectivity index (χ1v) is 9.14. The maximum absolute atomic E-state index is 12.5. The Balaban J connectivity index is 1.88. The zero-order chi connectivity index (χ0) is 17.5. The van der Waals surface area contributed by atoms with Gasteiger partial charge in [-0.3, -0.25) is 9.59 Å². The van der Waals surface area contributed by atoms with Crippen molar-refractivity contribution < 1.29 is 9.59 Å². The Labute approximate surface area is 145 Å². The monoisotopic (exact) mass is 330 g/mol. The summed E-state index contributed by atoms with van der Waals surface area (Å²) in [5, 5.41) is 3.11. The Hall–Kier alpha value is -1.84. The Bertz CT molecular complexity index is 542. The van der Waals surface area contributed by atoms with E-state index in [9.17, 15) is 9.59 Å². The molecule has 1 aromatic carbocycles. The molecule has 4 heteroatoms. The van der Waals surface area contributed by atoms with Gasteiger partial charge >= 0.3 is 0 Å². The number of hydrogen-bond acceptors (Lipinski definition) is 2. The molecule has 2 amide bonds. The number of amides is 2. The summed E-state index contributed by atoms with van der Waals surface area (Å²) in [4.78, 5) is 26.6. The molecule has 0 saturated carbocycles. The number of likely N-dealkylation sites (tertiary alicyclic amines) is 1. The van der Waals surface area contributed by atoms with Crippen LogP contribution in [0, 0.1) is 11.8 Å². The topological polar surface area (TPSA) is 49.4 Å². The Morgan fingerprint density at radius 1 is 1.25 bits per heavy atom. The van der Waals surface area contributed by atoms with Crippen LogP contribution < -0.4 is 5.32 Å². The van der Waals surface area contributed by atoms with E-state index in [0.29, 0.717) is 19.0 Å². The Morgan fingerprint density at radius 3 is 2.58 bits per heavy atom. The quantitative estimate of drug-likeness (QED) is 0.871. The van der Waals surface area contributed by atoms with Crippen LogP contribution in [0.1, 0.15) is 51.5 Å². The van der Waals surface area contributed by atoms with E-state index < -0.39 is 0 Å². The fraction of sp³-hybridized carbons (Fsp3) is 0.600. The van der Waals surface area contributed by atoms with Gasteiger partial charge in [0.05, 0.1) is 5.92 Å². The van der Waals surface area contributed by atoms with Crippen molar-refractivity contribution in [3.63, 3.8) is 0 Å². The summed E-state index contributed by atoms with van der Waals surface area (Å²) in [5.41, 5.74) is 1.26. The van der Waals surface area contributed by atoms with Gasteiger partial charge in [-0.2, -0.15) is 0 Å². The van der Waals surface area contributed by atoms with Crippen molar-refractivity contribution in [3.05, 3.63) is 35.9 Å². The number of nitrogens with zero attached hydrogens (tertiary/aromatic N) is 1. The first-order chi connectivity index (χ1) is 11.5. The van der Waals surface area contributed by atoms with Crippen LogP contribution in [-0.2, 0) is 9.59 Å². The highest BCUT2D eigenvalue weighted by Gasteiger charge is 2.29. The second-order valence-corrected chi connectivity index (χ2v) is 7.04. The molecular formula is C20H30N2O2. The molecule has 1 aromatic rings. The summed E-state index contributed by atoms with van der Waals surface area (Å²) in [6.07, 6.45) is 2.77. The number of piperidine rings is 1. The summed E-state index contributed by atoms with van der Waals surface area (Å²) in [5.74, 6) is 0.505. The number of carbonyl (C=O) groups excluding carboxylic acids is 2. The first kappa shape index (κ1) is 18.5. The van der Waals surface area contributed by atoms with E-state index in [2.05, 4.69) is 24.4 Å². The number of carbonyl (C=O) groups is 2. The zero-order valence-electron chi connectivity index (χ0n) is 15.1. The summed E-state index contributed by atoms with van der Waals surface area (Å²) in [7, 11) is 0. The van der Waals surface area contributed by atoms with Crippen LogP contribution in [-0.4, -0.2) is 36.3 Å². The van der Waals surface area contributed by atoms with E-state index in [0.717, 1.165) is 25.8 Å². The third-order valence-corrected chi connectivity index (χ3v) is 4.88. The van der Waals surface area contributed by atoms with Gasteiger partial charge < -0.3 is 10.2 Å². The second-order valence-electron chi connectivity index (χ2n) is 7.04. The molecule has 4 nitrogen and oxygen atoms in total. The third-order valence-electron chi connectivity index (χ3n) is 4.88. The van der Waals surface area contributed by atoms with Crippen LogP contribution in [0.5, 0.6) is 0 Å². The highest BCUT2D eigenvalue weighted by atomic mass is 16.2. The van der Waals surface area contributed by atoms with E-state index in [4.69, 9.17) is 0 Å². The third kappa shape index (κ3) is 4.83. The summed E-state index contributed by atoms with van der Waals surface area (Å²) >= 11 is 0.